The molecule has 0 amide bonds. The van der Waals surface area contributed by atoms with Crippen LogP contribution >= 0.6 is 0 Å². The van der Waals surface area contributed by atoms with Crippen molar-refractivity contribution in [2.45, 2.75) is 195 Å². The fraction of sp³-hybridized carbons (Fsp3) is 0.933. The molecule has 3 heteroatoms. The summed E-state index contributed by atoms with van der Waals surface area (Å²) in [6, 6.07) is 0. The Morgan fingerprint density at radius 2 is 1.46 bits per heavy atom. The number of esters is 1. The van der Waals surface area contributed by atoms with Gasteiger partial charge in [0.05, 0.1) is 20.6 Å². The van der Waals surface area contributed by atoms with Gasteiger partial charge < -0.3 is 9.22 Å². The second-order valence-electron chi connectivity index (χ2n) is 19.4. The van der Waals surface area contributed by atoms with Crippen LogP contribution < -0.4 is 0 Å². The lowest BCUT2D eigenvalue weighted by Crippen LogP contribution is -2.51. The first-order chi connectivity index (χ1) is 22.9. The molecule has 0 radical (unpaired) electrons. The largest absolute Gasteiger partial charge is 0.458 e. The molecule has 278 valence electrons. The van der Waals surface area contributed by atoms with Crippen molar-refractivity contribution in [3.63, 3.8) is 0 Å². The van der Waals surface area contributed by atoms with Crippen LogP contribution in [0, 0.1) is 46.3 Å². The Bertz CT molecular complexity index is 999. The molecule has 0 aromatic carbocycles. The molecule has 0 aliphatic heterocycles. The van der Waals surface area contributed by atoms with Crippen LogP contribution in [0.3, 0.4) is 0 Å². The zero-order valence-corrected chi connectivity index (χ0v) is 33.6. The predicted molar refractivity (Wildman–Crippen MR) is 206 cm³/mol. The molecule has 0 bridgehead atoms. The Kier molecular flexibility index (Phi) is 15.5. The summed E-state index contributed by atoms with van der Waals surface area (Å²) in [5.41, 5.74) is 2.50. The molecule has 0 heterocycles. The highest BCUT2D eigenvalue weighted by atomic mass is 16.5. The van der Waals surface area contributed by atoms with Crippen LogP contribution in [0.4, 0.5) is 0 Å². The third-order valence-electron chi connectivity index (χ3n) is 14.7. The molecular weight excluding hydrogens is 587 g/mol. The number of carbonyl (C=O) groups excluding carboxylic acids is 1. The van der Waals surface area contributed by atoms with E-state index < -0.39 is 0 Å². The maximum atomic E-state index is 13.2. The fourth-order valence-corrected chi connectivity index (χ4v) is 11.8. The number of ether oxygens (including phenoxy) is 1. The average molecular weight is 669 g/mol. The molecule has 0 N–H and O–H groups in total. The predicted octanol–water partition coefficient (Wildman–Crippen LogP) is 12.7. The van der Waals surface area contributed by atoms with Gasteiger partial charge in [-0.25, -0.2) is 4.79 Å². The first-order valence-corrected chi connectivity index (χ1v) is 21.6. The Morgan fingerprint density at radius 3 is 2.10 bits per heavy atom. The summed E-state index contributed by atoms with van der Waals surface area (Å²) < 4.78 is 7.00. The van der Waals surface area contributed by atoms with Gasteiger partial charge in [-0.05, 0) is 104 Å². The number of hydrogen-bond donors (Lipinski definition) is 0. The lowest BCUT2D eigenvalue weighted by Gasteiger charge is -2.58. The van der Waals surface area contributed by atoms with Crippen molar-refractivity contribution in [1.82, 2.24) is 0 Å². The van der Waals surface area contributed by atoms with Crippen molar-refractivity contribution < 1.29 is 14.0 Å². The van der Waals surface area contributed by atoms with E-state index in [9.17, 15) is 4.79 Å². The van der Waals surface area contributed by atoms with Crippen LogP contribution in [0.15, 0.2) is 11.6 Å². The molecule has 0 unspecified atom stereocenters. The van der Waals surface area contributed by atoms with Gasteiger partial charge in [0.2, 0.25) is 0 Å². The van der Waals surface area contributed by atoms with Crippen LogP contribution in [0.2, 0.25) is 0 Å². The van der Waals surface area contributed by atoms with Gasteiger partial charge in [0.25, 0.3) is 0 Å². The normalized spacial score (nSPS) is 32.4. The quantitative estimate of drug-likeness (QED) is 0.0526. The highest BCUT2D eigenvalue weighted by Crippen LogP contribution is 2.67. The average Bonchev–Trinajstić information content (AvgIpc) is 3.38. The minimum Gasteiger partial charge on any atom is -0.458 e. The summed E-state index contributed by atoms with van der Waals surface area (Å²) >= 11 is 0. The first-order valence-electron chi connectivity index (χ1n) is 21.6. The lowest BCUT2D eigenvalue weighted by atomic mass is 9.47. The van der Waals surface area contributed by atoms with Gasteiger partial charge in [-0.15, -0.1) is 0 Å². The van der Waals surface area contributed by atoms with Crippen molar-refractivity contribution in [1.29, 1.82) is 0 Å². The molecule has 0 saturated heterocycles. The molecule has 3 saturated carbocycles. The van der Waals surface area contributed by atoms with E-state index in [1.165, 1.54) is 135 Å². The first kappa shape index (κ1) is 39.9. The summed E-state index contributed by atoms with van der Waals surface area (Å²) in [4.78, 5) is 13.2. The summed E-state index contributed by atoms with van der Waals surface area (Å²) in [7, 11) is 4.44. The number of rotatable bonds is 21. The van der Waals surface area contributed by atoms with Crippen LogP contribution in [0.5, 0.6) is 0 Å². The van der Waals surface area contributed by atoms with Crippen molar-refractivity contribution in [2.75, 3.05) is 27.2 Å². The monoisotopic (exact) mass is 669 g/mol. The lowest BCUT2D eigenvalue weighted by molar-refractivity contribution is -0.883. The number of allylic oxidation sites excluding steroid dienone is 1. The SMILES string of the molecule is CCCCCCCCCCCCCC[N+](C)(C)CC(=O)O[C@H]1CC[C@@]2(C)C(=CC[C@H]3[C@@H]4CC[C@H]([C@H](C)CCCC(C)C)[C@@]4(C)CC[C@@H]32)C1. The van der Waals surface area contributed by atoms with Gasteiger partial charge in [0.1, 0.15) is 6.10 Å². The third-order valence-corrected chi connectivity index (χ3v) is 14.7. The minimum atomic E-state index is 0.0229. The van der Waals surface area contributed by atoms with Gasteiger partial charge in [0, 0.05) is 6.42 Å². The summed E-state index contributed by atoms with van der Waals surface area (Å²) in [5, 5.41) is 0. The second-order valence-corrected chi connectivity index (χ2v) is 19.4. The van der Waals surface area contributed by atoms with Gasteiger partial charge in [-0.1, -0.05) is 137 Å². The van der Waals surface area contributed by atoms with Gasteiger partial charge >= 0.3 is 5.97 Å². The molecule has 3 fully saturated rings. The van der Waals surface area contributed by atoms with Crippen LogP contribution in [0.25, 0.3) is 0 Å². The Balaban J connectivity index is 1.17. The zero-order valence-electron chi connectivity index (χ0n) is 33.6. The Labute approximate surface area is 299 Å². The molecule has 4 rings (SSSR count). The summed E-state index contributed by atoms with van der Waals surface area (Å²) in [6.07, 6.45) is 33.7. The number of unbranched alkanes of at least 4 members (excludes halogenated alkanes) is 11. The van der Waals surface area contributed by atoms with E-state index >= 15 is 0 Å². The number of likely N-dealkylation sites (N-methyl/N-ethyl adjacent to an activating group) is 1. The number of fused-ring (bicyclic) bond motifs is 5. The van der Waals surface area contributed by atoms with E-state index in [2.05, 4.69) is 61.7 Å². The summed E-state index contributed by atoms with van der Waals surface area (Å²) in [5.74, 6) is 5.25. The molecule has 3 nitrogen and oxygen atoms in total. The van der Waals surface area contributed by atoms with Crippen molar-refractivity contribution >= 4 is 5.97 Å². The van der Waals surface area contributed by atoms with Crippen molar-refractivity contribution in [3.8, 4) is 0 Å². The fourth-order valence-electron chi connectivity index (χ4n) is 11.8. The van der Waals surface area contributed by atoms with Gasteiger partial charge in [0.15, 0.2) is 6.54 Å². The minimum absolute atomic E-state index is 0.0229. The Morgan fingerprint density at radius 1 is 0.812 bits per heavy atom. The summed E-state index contributed by atoms with van der Waals surface area (Å²) in [6.45, 7) is 16.5. The maximum Gasteiger partial charge on any atom is 0.362 e. The molecule has 0 spiro atoms. The molecule has 4 aliphatic rings. The van der Waals surface area contributed by atoms with Crippen LogP contribution in [-0.4, -0.2) is 43.7 Å². The molecule has 8 atom stereocenters. The van der Waals surface area contributed by atoms with Crippen molar-refractivity contribution in [2.24, 2.45) is 46.3 Å². The molecule has 0 aromatic heterocycles. The maximum absolute atomic E-state index is 13.2. The van der Waals surface area contributed by atoms with E-state index in [0.717, 1.165) is 59.4 Å². The van der Waals surface area contributed by atoms with E-state index in [-0.39, 0.29) is 12.1 Å². The van der Waals surface area contributed by atoms with Gasteiger partial charge in [-0.3, -0.25) is 0 Å². The molecule has 48 heavy (non-hydrogen) atoms. The zero-order chi connectivity index (χ0) is 34.8. The third kappa shape index (κ3) is 10.6. The number of quaternary nitrogens is 1. The highest BCUT2D eigenvalue weighted by molar-refractivity contribution is 5.70. The Hall–Kier alpha value is -0.830. The standard InChI is InChI=1S/C45H82NO2/c1-9-10-11-12-13-14-15-16-17-18-19-20-32-46(7,8)34-43(47)48-38-28-30-44(5)37(33-38)24-25-39-41-27-26-40(36(4)23-21-22-35(2)3)45(41,6)31-29-42(39)44/h24,35-36,38-42H,9-23,25-34H2,1-8H3/q+1/t36-,38+,39+,40-,41+,42+,44+,45-/m1/s1. The highest BCUT2D eigenvalue weighted by Gasteiger charge is 2.59. The van der Waals surface area contributed by atoms with E-state index in [1.807, 2.05) is 0 Å². The van der Waals surface area contributed by atoms with E-state index in [4.69, 9.17) is 4.74 Å². The molecule has 0 aromatic rings. The van der Waals surface area contributed by atoms with Gasteiger partial charge in [-0.2, -0.15) is 0 Å². The topological polar surface area (TPSA) is 26.3 Å². The molecule has 4 aliphatic carbocycles. The molecular formula is C45H82NO2+. The van der Waals surface area contributed by atoms with Crippen molar-refractivity contribution in [3.05, 3.63) is 11.6 Å². The second kappa shape index (κ2) is 18.6. The smallest absolute Gasteiger partial charge is 0.362 e. The van der Waals surface area contributed by atoms with E-state index in [1.54, 1.807) is 5.57 Å². The van der Waals surface area contributed by atoms with E-state index in [0.29, 0.717) is 17.4 Å². The number of nitrogens with zero attached hydrogens (tertiary/aromatic N) is 1. The van der Waals surface area contributed by atoms with Crippen LogP contribution in [0.1, 0.15) is 189 Å². The van der Waals surface area contributed by atoms with Crippen LogP contribution in [-0.2, 0) is 9.53 Å². The number of carbonyl (C=O) groups is 1. The number of hydrogen-bond acceptors (Lipinski definition) is 2.